The highest BCUT2D eigenvalue weighted by molar-refractivity contribution is 5.10. The van der Waals surface area contributed by atoms with Gasteiger partial charge in [-0.3, -0.25) is 9.58 Å². The number of hydrogen-bond acceptors (Lipinski definition) is 3. The number of rotatable bonds is 6. The van der Waals surface area contributed by atoms with Crippen molar-refractivity contribution in [1.29, 1.82) is 0 Å². The van der Waals surface area contributed by atoms with Gasteiger partial charge in [-0.15, -0.1) is 0 Å². The van der Waals surface area contributed by atoms with Crippen LogP contribution in [-0.4, -0.2) is 33.8 Å². The topological polar surface area (TPSA) is 47.1 Å². The summed E-state index contributed by atoms with van der Waals surface area (Å²) in [5, 5.41) is 4.42. The summed E-state index contributed by atoms with van der Waals surface area (Å²) >= 11 is 0. The van der Waals surface area contributed by atoms with Gasteiger partial charge in [-0.2, -0.15) is 5.10 Å². The SMILES string of the molecule is CCN(C(C)c1cnn(CC)c1)C1CCCCC1CN. The molecule has 1 saturated carbocycles. The molecular formula is C16H30N4. The van der Waals surface area contributed by atoms with E-state index >= 15 is 0 Å². The first-order valence-electron chi connectivity index (χ1n) is 8.19. The summed E-state index contributed by atoms with van der Waals surface area (Å²) in [4.78, 5) is 2.63. The molecule has 1 heterocycles. The fraction of sp³-hybridized carbons (Fsp3) is 0.812. The Labute approximate surface area is 123 Å². The number of hydrogen-bond donors (Lipinski definition) is 1. The average Bonchev–Trinajstić information content (AvgIpc) is 2.97. The van der Waals surface area contributed by atoms with Gasteiger partial charge in [0, 0.05) is 30.4 Å². The maximum Gasteiger partial charge on any atom is 0.0537 e. The van der Waals surface area contributed by atoms with E-state index in [2.05, 4.69) is 37.0 Å². The van der Waals surface area contributed by atoms with Crippen molar-refractivity contribution >= 4 is 0 Å². The standard InChI is InChI=1S/C16H30N4/c1-4-19-12-15(11-18-19)13(3)20(5-2)16-9-7-6-8-14(16)10-17/h11-14,16H,4-10,17H2,1-3H3. The first kappa shape index (κ1) is 15.5. The van der Waals surface area contributed by atoms with Crippen molar-refractivity contribution in [3.63, 3.8) is 0 Å². The molecule has 0 aliphatic heterocycles. The molecule has 4 nitrogen and oxygen atoms in total. The predicted octanol–water partition coefficient (Wildman–Crippen LogP) is 2.80. The number of nitrogens with two attached hydrogens (primary N) is 1. The Morgan fingerprint density at radius 2 is 2.15 bits per heavy atom. The molecule has 0 bridgehead atoms. The van der Waals surface area contributed by atoms with Gasteiger partial charge in [0.1, 0.15) is 0 Å². The molecule has 2 rings (SSSR count). The third-order valence-electron chi connectivity index (χ3n) is 4.92. The molecule has 2 N–H and O–H groups in total. The quantitative estimate of drug-likeness (QED) is 0.870. The summed E-state index contributed by atoms with van der Waals surface area (Å²) < 4.78 is 2.01. The minimum absolute atomic E-state index is 0.428. The van der Waals surface area contributed by atoms with Gasteiger partial charge in [0.05, 0.1) is 6.20 Å². The lowest BCUT2D eigenvalue weighted by Gasteiger charge is -2.42. The molecule has 4 heteroatoms. The van der Waals surface area contributed by atoms with Gasteiger partial charge >= 0.3 is 0 Å². The molecular weight excluding hydrogens is 248 g/mol. The molecule has 0 spiro atoms. The monoisotopic (exact) mass is 278 g/mol. The third kappa shape index (κ3) is 3.23. The van der Waals surface area contributed by atoms with E-state index in [0.717, 1.165) is 19.6 Å². The minimum atomic E-state index is 0.428. The van der Waals surface area contributed by atoms with Crippen LogP contribution in [0.3, 0.4) is 0 Å². The zero-order chi connectivity index (χ0) is 14.5. The second kappa shape index (κ2) is 7.23. The van der Waals surface area contributed by atoms with E-state index in [9.17, 15) is 0 Å². The summed E-state index contributed by atoms with van der Waals surface area (Å²) in [5.41, 5.74) is 7.34. The van der Waals surface area contributed by atoms with Crippen molar-refractivity contribution in [2.75, 3.05) is 13.1 Å². The van der Waals surface area contributed by atoms with Gasteiger partial charge in [-0.1, -0.05) is 19.8 Å². The maximum atomic E-state index is 6.01. The van der Waals surface area contributed by atoms with Crippen LogP contribution in [0.1, 0.15) is 58.1 Å². The van der Waals surface area contributed by atoms with Gasteiger partial charge in [-0.25, -0.2) is 0 Å². The molecule has 3 atom stereocenters. The summed E-state index contributed by atoms with van der Waals surface area (Å²) in [6, 6.07) is 1.07. The molecule has 1 aromatic rings. The van der Waals surface area contributed by atoms with Crippen LogP contribution in [-0.2, 0) is 6.54 Å². The molecule has 1 aliphatic rings. The summed E-state index contributed by atoms with van der Waals surface area (Å²) in [6.45, 7) is 9.55. The zero-order valence-corrected chi connectivity index (χ0v) is 13.3. The van der Waals surface area contributed by atoms with Gasteiger partial charge in [0.2, 0.25) is 0 Å². The highest BCUT2D eigenvalue weighted by atomic mass is 15.3. The Kier molecular flexibility index (Phi) is 5.61. The lowest BCUT2D eigenvalue weighted by Crippen LogP contribution is -2.46. The van der Waals surface area contributed by atoms with Crippen LogP contribution in [0.25, 0.3) is 0 Å². The molecule has 1 aliphatic carbocycles. The Hall–Kier alpha value is -0.870. The van der Waals surface area contributed by atoms with E-state index in [-0.39, 0.29) is 0 Å². The fourth-order valence-corrected chi connectivity index (χ4v) is 3.65. The lowest BCUT2D eigenvalue weighted by atomic mass is 9.82. The van der Waals surface area contributed by atoms with Crippen LogP contribution in [0.4, 0.5) is 0 Å². The Bertz CT molecular complexity index is 401. The van der Waals surface area contributed by atoms with Crippen molar-refractivity contribution in [3.8, 4) is 0 Å². The normalized spacial score (nSPS) is 25.1. The second-order valence-electron chi connectivity index (χ2n) is 5.98. The second-order valence-corrected chi connectivity index (χ2v) is 5.98. The van der Waals surface area contributed by atoms with Crippen LogP contribution in [0.5, 0.6) is 0 Å². The Morgan fingerprint density at radius 3 is 2.75 bits per heavy atom. The summed E-state index contributed by atoms with van der Waals surface area (Å²) in [5.74, 6) is 0.660. The van der Waals surface area contributed by atoms with Crippen LogP contribution >= 0.6 is 0 Å². The lowest BCUT2D eigenvalue weighted by molar-refractivity contribution is 0.0769. The van der Waals surface area contributed by atoms with Crippen molar-refractivity contribution < 1.29 is 0 Å². The third-order valence-corrected chi connectivity index (χ3v) is 4.92. The fourth-order valence-electron chi connectivity index (χ4n) is 3.65. The molecule has 3 unspecified atom stereocenters. The predicted molar refractivity (Wildman–Crippen MR) is 83.5 cm³/mol. The average molecular weight is 278 g/mol. The van der Waals surface area contributed by atoms with Gasteiger partial charge < -0.3 is 5.73 Å². The van der Waals surface area contributed by atoms with E-state index < -0.39 is 0 Å². The Balaban J connectivity index is 2.13. The highest BCUT2D eigenvalue weighted by Gasteiger charge is 2.31. The molecule has 1 fully saturated rings. The van der Waals surface area contributed by atoms with Crippen molar-refractivity contribution in [2.24, 2.45) is 11.7 Å². The maximum absolute atomic E-state index is 6.01. The van der Waals surface area contributed by atoms with E-state index in [0.29, 0.717) is 18.0 Å². The molecule has 114 valence electrons. The highest BCUT2D eigenvalue weighted by Crippen LogP contribution is 2.33. The Morgan fingerprint density at radius 1 is 1.40 bits per heavy atom. The molecule has 0 amide bonds. The van der Waals surface area contributed by atoms with Crippen molar-refractivity contribution in [3.05, 3.63) is 18.0 Å². The summed E-state index contributed by atoms with van der Waals surface area (Å²) in [6.07, 6.45) is 9.49. The number of nitrogens with zero attached hydrogens (tertiary/aromatic N) is 3. The minimum Gasteiger partial charge on any atom is -0.330 e. The molecule has 1 aromatic heterocycles. The van der Waals surface area contributed by atoms with Crippen molar-refractivity contribution in [1.82, 2.24) is 14.7 Å². The zero-order valence-electron chi connectivity index (χ0n) is 13.3. The number of aromatic nitrogens is 2. The van der Waals surface area contributed by atoms with Crippen LogP contribution in [0.2, 0.25) is 0 Å². The van der Waals surface area contributed by atoms with E-state index in [1.54, 1.807) is 0 Å². The van der Waals surface area contributed by atoms with Gasteiger partial charge in [0.25, 0.3) is 0 Å². The van der Waals surface area contributed by atoms with Crippen LogP contribution < -0.4 is 5.73 Å². The first-order valence-corrected chi connectivity index (χ1v) is 8.19. The van der Waals surface area contributed by atoms with Crippen LogP contribution in [0.15, 0.2) is 12.4 Å². The largest absolute Gasteiger partial charge is 0.330 e. The van der Waals surface area contributed by atoms with Crippen LogP contribution in [0, 0.1) is 5.92 Å². The molecule has 0 radical (unpaired) electrons. The van der Waals surface area contributed by atoms with E-state index in [4.69, 9.17) is 5.73 Å². The number of aryl methyl sites for hydroxylation is 1. The van der Waals surface area contributed by atoms with Crippen molar-refractivity contribution in [2.45, 2.75) is 65.1 Å². The molecule has 20 heavy (non-hydrogen) atoms. The molecule has 0 saturated heterocycles. The first-order chi connectivity index (χ1) is 9.71. The molecule has 0 aromatic carbocycles. The van der Waals surface area contributed by atoms with E-state index in [1.165, 1.54) is 31.2 Å². The van der Waals surface area contributed by atoms with Gasteiger partial charge in [-0.05, 0) is 45.7 Å². The van der Waals surface area contributed by atoms with Gasteiger partial charge in [0.15, 0.2) is 0 Å². The smallest absolute Gasteiger partial charge is 0.0537 e. The van der Waals surface area contributed by atoms with E-state index in [1.807, 2.05) is 10.9 Å². The summed E-state index contributed by atoms with van der Waals surface area (Å²) in [7, 11) is 0.